The SMILES string of the molecule is CN1CCN(Cc2ccc(C(=O)N3C[C@@H](N)[C@H](c4ccccc4)C3)cc2)CC1.Cl.Cl. The maximum absolute atomic E-state index is 13.0. The molecule has 0 aliphatic carbocycles. The monoisotopic (exact) mass is 450 g/mol. The number of nitrogens with two attached hydrogens (primary N) is 1. The molecule has 0 bridgehead atoms. The van der Waals surface area contributed by atoms with Crippen LogP contribution >= 0.6 is 24.8 Å². The van der Waals surface area contributed by atoms with E-state index in [0.717, 1.165) is 38.3 Å². The van der Waals surface area contributed by atoms with Gasteiger partial charge < -0.3 is 15.5 Å². The number of nitrogens with zero attached hydrogens (tertiary/aromatic N) is 3. The quantitative estimate of drug-likeness (QED) is 0.777. The summed E-state index contributed by atoms with van der Waals surface area (Å²) < 4.78 is 0. The highest BCUT2D eigenvalue weighted by molar-refractivity contribution is 5.94. The lowest BCUT2D eigenvalue weighted by atomic mass is 9.95. The predicted octanol–water partition coefficient (Wildman–Crippen LogP) is 2.84. The molecule has 2 fully saturated rings. The lowest BCUT2D eigenvalue weighted by molar-refractivity contribution is 0.0789. The minimum absolute atomic E-state index is 0. The van der Waals surface area contributed by atoms with Gasteiger partial charge in [-0.3, -0.25) is 9.69 Å². The number of piperazine rings is 1. The topological polar surface area (TPSA) is 52.8 Å². The van der Waals surface area contributed by atoms with E-state index in [9.17, 15) is 4.79 Å². The van der Waals surface area contributed by atoms with Crippen LogP contribution in [0, 0.1) is 0 Å². The van der Waals surface area contributed by atoms with Crippen LogP contribution in [0.15, 0.2) is 54.6 Å². The summed E-state index contributed by atoms with van der Waals surface area (Å²) in [5, 5.41) is 0. The largest absolute Gasteiger partial charge is 0.336 e. The first-order valence-corrected chi connectivity index (χ1v) is 10.2. The van der Waals surface area contributed by atoms with E-state index >= 15 is 0 Å². The minimum Gasteiger partial charge on any atom is -0.336 e. The Kier molecular flexibility index (Phi) is 9.13. The Bertz CT molecular complexity index is 795. The zero-order valence-corrected chi connectivity index (χ0v) is 19.1. The van der Waals surface area contributed by atoms with Gasteiger partial charge in [-0.25, -0.2) is 0 Å². The van der Waals surface area contributed by atoms with Gasteiger partial charge in [-0.15, -0.1) is 24.8 Å². The Balaban J connectivity index is 0.00000160. The Hall–Kier alpha value is -1.63. The van der Waals surface area contributed by atoms with Crippen molar-refractivity contribution in [1.82, 2.24) is 14.7 Å². The third-order valence-electron chi connectivity index (χ3n) is 6.08. The maximum Gasteiger partial charge on any atom is 0.253 e. The number of benzene rings is 2. The summed E-state index contributed by atoms with van der Waals surface area (Å²) in [6.45, 7) is 6.69. The van der Waals surface area contributed by atoms with Gasteiger partial charge >= 0.3 is 0 Å². The van der Waals surface area contributed by atoms with Crippen LogP contribution in [-0.4, -0.2) is 73.0 Å². The summed E-state index contributed by atoms with van der Waals surface area (Å²) in [5.41, 5.74) is 9.59. The van der Waals surface area contributed by atoms with Crippen molar-refractivity contribution in [2.75, 3.05) is 46.3 Å². The lowest BCUT2D eigenvalue weighted by Crippen LogP contribution is -2.43. The van der Waals surface area contributed by atoms with Gasteiger partial charge in [-0.1, -0.05) is 42.5 Å². The molecular formula is C23H32Cl2N4O. The number of amides is 1. The standard InChI is InChI=1S/C23H30N4O.2ClH/c1-25-11-13-26(14-12-25)15-18-7-9-20(10-8-18)23(28)27-16-21(22(24)17-27)19-5-3-2-4-6-19;;/h2-10,21-22H,11-17,24H2,1H3;2*1H/t21-,22+;;/m0../s1. The van der Waals surface area contributed by atoms with Crippen LogP contribution in [0.3, 0.4) is 0 Å². The van der Waals surface area contributed by atoms with Gasteiger partial charge in [0, 0.05) is 63.3 Å². The third kappa shape index (κ3) is 5.74. The van der Waals surface area contributed by atoms with E-state index in [1.807, 2.05) is 35.2 Å². The molecule has 30 heavy (non-hydrogen) atoms. The van der Waals surface area contributed by atoms with E-state index in [1.165, 1.54) is 11.1 Å². The molecule has 0 radical (unpaired) electrons. The second kappa shape index (κ2) is 11.1. The summed E-state index contributed by atoms with van der Waals surface area (Å²) in [4.78, 5) is 19.7. The van der Waals surface area contributed by atoms with E-state index in [4.69, 9.17) is 5.73 Å². The molecule has 0 aromatic heterocycles. The molecular weight excluding hydrogens is 419 g/mol. The van der Waals surface area contributed by atoms with E-state index in [1.54, 1.807) is 0 Å². The molecule has 2 aromatic rings. The molecule has 2 aliphatic heterocycles. The fourth-order valence-electron chi connectivity index (χ4n) is 4.25. The second-order valence-electron chi connectivity index (χ2n) is 8.17. The normalized spacial score (nSPS) is 22.3. The molecule has 1 amide bonds. The minimum atomic E-state index is -0.0112. The first-order valence-electron chi connectivity index (χ1n) is 10.2. The molecule has 7 heteroatoms. The van der Waals surface area contributed by atoms with Crippen molar-refractivity contribution < 1.29 is 4.79 Å². The van der Waals surface area contributed by atoms with Crippen LogP contribution in [0.1, 0.15) is 27.4 Å². The van der Waals surface area contributed by atoms with Gasteiger partial charge in [-0.2, -0.15) is 0 Å². The smallest absolute Gasteiger partial charge is 0.253 e. The summed E-state index contributed by atoms with van der Waals surface area (Å²) in [6, 6.07) is 18.4. The molecule has 2 N–H and O–H groups in total. The molecule has 2 heterocycles. The number of rotatable bonds is 4. The molecule has 0 unspecified atom stereocenters. The Morgan fingerprint density at radius 1 is 0.933 bits per heavy atom. The van der Waals surface area contributed by atoms with E-state index in [2.05, 4.69) is 41.1 Å². The summed E-state index contributed by atoms with van der Waals surface area (Å²) in [5.74, 6) is 0.293. The van der Waals surface area contributed by atoms with Crippen molar-refractivity contribution in [3.8, 4) is 0 Å². The first kappa shape index (κ1) is 24.6. The molecule has 5 nitrogen and oxygen atoms in total. The van der Waals surface area contributed by atoms with Crippen LogP contribution in [0.25, 0.3) is 0 Å². The van der Waals surface area contributed by atoms with Crippen molar-refractivity contribution in [2.24, 2.45) is 5.73 Å². The van der Waals surface area contributed by atoms with Crippen LogP contribution in [-0.2, 0) is 6.54 Å². The van der Waals surface area contributed by atoms with E-state index in [-0.39, 0.29) is 42.7 Å². The van der Waals surface area contributed by atoms with E-state index < -0.39 is 0 Å². The number of likely N-dealkylation sites (tertiary alicyclic amines) is 1. The van der Waals surface area contributed by atoms with Crippen LogP contribution in [0.5, 0.6) is 0 Å². The molecule has 2 saturated heterocycles. The first-order chi connectivity index (χ1) is 13.6. The molecule has 164 valence electrons. The van der Waals surface area contributed by atoms with Crippen LogP contribution in [0.2, 0.25) is 0 Å². The summed E-state index contributed by atoms with van der Waals surface area (Å²) >= 11 is 0. The van der Waals surface area contributed by atoms with Gasteiger partial charge in [0.15, 0.2) is 0 Å². The molecule has 0 saturated carbocycles. The third-order valence-corrected chi connectivity index (χ3v) is 6.08. The molecule has 0 spiro atoms. The lowest BCUT2D eigenvalue weighted by Gasteiger charge is -2.32. The van der Waals surface area contributed by atoms with Crippen molar-refractivity contribution in [1.29, 1.82) is 0 Å². The average Bonchev–Trinajstić information content (AvgIpc) is 3.12. The van der Waals surface area contributed by atoms with Crippen molar-refractivity contribution in [2.45, 2.75) is 18.5 Å². The van der Waals surface area contributed by atoms with Gasteiger partial charge in [0.2, 0.25) is 0 Å². The van der Waals surface area contributed by atoms with Gasteiger partial charge in [-0.05, 0) is 30.3 Å². The summed E-state index contributed by atoms with van der Waals surface area (Å²) in [7, 11) is 2.17. The number of carbonyl (C=O) groups is 1. The molecule has 2 aromatic carbocycles. The zero-order valence-electron chi connectivity index (χ0n) is 17.4. The van der Waals surface area contributed by atoms with Crippen molar-refractivity contribution in [3.05, 3.63) is 71.3 Å². The maximum atomic E-state index is 13.0. The molecule has 2 aliphatic rings. The summed E-state index contributed by atoms with van der Waals surface area (Å²) in [6.07, 6.45) is 0. The fourth-order valence-corrected chi connectivity index (χ4v) is 4.25. The number of likely N-dealkylation sites (N-methyl/N-ethyl adjacent to an activating group) is 1. The van der Waals surface area contributed by atoms with Gasteiger partial charge in [0.05, 0.1) is 0 Å². The number of carbonyl (C=O) groups excluding carboxylic acids is 1. The highest BCUT2D eigenvalue weighted by Crippen LogP contribution is 2.27. The Morgan fingerprint density at radius 2 is 1.57 bits per heavy atom. The predicted molar refractivity (Wildman–Crippen MR) is 127 cm³/mol. The average molecular weight is 451 g/mol. The van der Waals surface area contributed by atoms with Gasteiger partial charge in [0.1, 0.15) is 0 Å². The highest BCUT2D eigenvalue weighted by Gasteiger charge is 2.34. The fraction of sp³-hybridized carbons (Fsp3) is 0.435. The van der Waals surface area contributed by atoms with Crippen molar-refractivity contribution >= 4 is 30.7 Å². The van der Waals surface area contributed by atoms with Crippen LogP contribution < -0.4 is 5.73 Å². The Labute approximate surface area is 192 Å². The van der Waals surface area contributed by atoms with E-state index in [0.29, 0.717) is 13.1 Å². The number of hydrogen-bond donors (Lipinski definition) is 1. The molecule has 2 atom stereocenters. The Morgan fingerprint density at radius 3 is 2.20 bits per heavy atom. The number of halogens is 2. The molecule has 4 rings (SSSR count). The van der Waals surface area contributed by atoms with Gasteiger partial charge in [0.25, 0.3) is 5.91 Å². The highest BCUT2D eigenvalue weighted by atomic mass is 35.5. The zero-order chi connectivity index (χ0) is 19.5. The van der Waals surface area contributed by atoms with Crippen molar-refractivity contribution in [3.63, 3.8) is 0 Å². The number of hydrogen-bond acceptors (Lipinski definition) is 4. The second-order valence-corrected chi connectivity index (χ2v) is 8.17. The van der Waals surface area contributed by atoms with Crippen LogP contribution in [0.4, 0.5) is 0 Å².